The molecule has 1 saturated heterocycles. The number of nitrogens with zero attached hydrogens (tertiary/aromatic N) is 3. The topological polar surface area (TPSA) is 92.4 Å². The molecule has 0 saturated carbocycles. The van der Waals surface area contributed by atoms with Crippen molar-refractivity contribution in [2.45, 2.75) is 39.2 Å². The SMILES string of the molecule is CCCNC(=O)CN1CCC(NC(=O)c2cn(-c3ccccc3)nc2-c2ccc(C)o2)CC1. The average Bonchev–Trinajstić information content (AvgIpc) is 3.46. The molecule has 0 spiro atoms. The van der Waals surface area contributed by atoms with Crippen LogP contribution in [0.2, 0.25) is 0 Å². The molecule has 0 radical (unpaired) electrons. The van der Waals surface area contributed by atoms with Gasteiger partial charge in [0.1, 0.15) is 11.5 Å². The van der Waals surface area contributed by atoms with Gasteiger partial charge in [-0.05, 0) is 50.5 Å². The third-order valence-electron chi connectivity index (χ3n) is 5.82. The zero-order valence-corrected chi connectivity index (χ0v) is 19.2. The van der Waals surface area contributed by atoms with Gasteiger partial charge >= 0.3 is 0 Å². The number of furan rings is 1. The second-order valence-corrected chi connectivity index (χ2v) is 8.46. The Kier molecular flexibility index (Phi) is 7.24. The van der Waals surface area contributed by atoms with Crippen LogP contribution < -0.4 is 10.6 Å². The summed E-state index contributed by atoms with van der Waals surface area (Å²) in [6, 6.07) is 13.5. The Morgan fingerprint density at radius 2 is 1.88 bits per heavy atom. The zero-order chi connectivity index (χ0) is 23.2. The Labute approximate surface area is 194 Å². The molecule has 2 aromatic heterocycles. The molecule has 174 valence electrons. The van der Waals surface area contributed by atoms with E-state index in [0.29, 0.717) is 30.1 Å². The number of hydrogen-bond acceptors (Lipinski definition) is 5. The van der Waals surface area contributed by atoms with E-state index in [2.05, 4.69) is 20.6 Å². The highest BCUT2D eigenvalue weighted by atomic mass is 16.3. The molecule has 2 N–H and O–H groups in total. The van der Waals surface area contributed by atoms with Gasteiger partial charge in [-0.25, -0.2) is 4.68 Å². The highest BCUT2D eigenvalue weighted by Gasteiger charge is 2.26. The number of aromatic nitrogens is 2. The minimum atomic E-state index is -0.166. The molecule has 1 fully saturated rings. The van der Waals surface area contributed by atoms with Gasteiger partial charge in [-0.3, -0.25) is 14.5 Å². The van der Waals surface area contributed by atoms with E-state index in [0.717, 1.165) is 43.8 Å². The number of amides is 2. The quantitative estimate of drug-likeness (QED) is 0.551. The number of carbonyl (C=O) groups is 2. The fourth-order valence-corrected chi connectivity index (χ4v) is 4.02. The maximum atomic E-state index is 13.3. The zero-order valence-electron chi connectivity index (χ0n) is 19.2. The maximum Gasteiger partial charge on any atom is 0.255 e. The number of aryl methyl sites for hydroxylation is 1. The Morgan fingerprint density at radius 3 is 2.55 bits per heavy atom. The Balaban J connectivity index is 1.44. The number of piperidine rings is 1. The number of likely N-dealkylation sites (tertiary alicyclic amines) is 1. The number of carbonyl (C=O) groups excluding carboxylic acids is 2. The summed E-state index contributed by atoms with van der Waals surface area (Å²) < 4.78 is 7.49. The third-order valence-corrected chi connectivity index (χ3v) is 5.82. The van der Waals surface area contributed by atoms with Gasteiger partial charge in [0.25, 0.3) is 5.91 Å². The van der Waals surface area contributed by atoms with Crippen molar-refractivity contribution in [1.29, 1.82) is 0 Å². The van der Waals surface area contributed by atoms with Crippen LogP contribution >= 0.6 is 0 Å². The van der Waals surface area contributed by atoms with E-state index in [-0.39, 0.29) is 17.9 Å². The van der Waals surface area contributed by atoms with E-state index in [1.807, 2.05) is 56.3 Å². The van der Waals surface area contributed by atoms with E-state index < -0.39 is 0 Å². The molecule has 0 bridgehead atoms. The molecular weight excluding hydrogens is 418 g/mol. The Hall–Kier alpha value is -3.39. The molecule has 2 amide bonds. The fraction of sp³-hybridized carbons (Fsp3) is 0.400. The molecule has 3 aromatic rings. The van der Waals surface area contributed by atoms with Crippen LogP contribution in [0.1, 0.15) is 42.3 Å². The number of benzene rings is 1. The monoisotopic (exact) mass is 449 g/mol. The molecule has 4 rings (SSSR count). The van der Waals surface area contributed by atoms with Crippen molar-refractivity contribution in [1.82, 2.24) is 25.3 Å². The van der Waals surface area contributed by atoms with E-state index in [4.69, 9.17) is 4.42 Å². The summed E-state index contributed by atoms with van der Waals surface area (Å²) in [4.78, 5) is 27.4. The van der Waals surface area contributed by atoms with E-state index >= 15 is 0 Å². The minimum absolute atomic E-state index is 0.0544. The first-order valence-corrected chi connectivity index (χ1v) is 11.6. The number of para-hydroxylation sites is 1. The standard InChI is InChI=1S/C25H31N5O3/c1-3-13-26-23(31)17-29-14-11-19(12-15-29)27-25(32)21-16-30(20-7-5-4-6-8-20)28-24(21)22-10-9-18(2)33-22/h4-10,16,19H,3,11-15,17H2,1-2H3,(H,26,31)(H,27,32). The van der Waals surface area contributed by atoms with Gasteiger partial charge in [-0.1, -0.05) is 25.1 Å². The summed E-state index contributed by atoms with van der Waals surface area (Å²) in [5.41, 5.74) is 1.87. The molecule has 0 unspecified atom stereocenters. The number of nitrogens with one attached hydrogen (secondary N) is 2. The van der Waals surface area contributed by atoms with Gasteiger partial charge in [0.2, 0.25) is 5.91 Å². The lowest BCUT2D eigenvalue weighted by Crippen LogP contribution is -2.47. The van der Waals surface area contributed by atoms with Gasteiger partial charge in [0, 0.05) is 31.9 Å². The highest BCUT2D eigenvalue weighted by Crippen LogP contribution is 2.26. The largest absolute Gasteiger partial charge is 0.460 e. The maximum absolute atomic E-state index is 13.3. The number of hydrogen-bond donors (Lipinski definition) is 2. The van der Waals surface area contributed by atoms with Crippen LogP contribution in [0.4, 0.5) is 0 Å². The molecule has 1 aromatic carbocycles. The van der Waals surface area contributed by atoms with Crippen LogP contribution in [0.15, 0.2) is 53.1 Å². The molecule has 0 atom stereocenters. The van der Waals surface area contributed by atoms with Crippen molar-refractivity contribution in [3.05, 3.63) is 60.0 Å². The highest BCUT2D eigenvalue weighted by molar-refractivity contribution is 5.99. The molecule has 0 aliphatic carbocycles. The summed E-state index contributed by atoms with van der Waals surface area (Å²) in [5, 5.41) is 10.7. The molecule has 8 heteroatoms. The molecule has 1 aliphatic heterocycles. The fourth-order valence-electron chi connectivity index (χ4n) is 4.02. The summed E-state index contributed by atoms with van der Waals surface area (Å²) >= 11 is 0. The second kappa shape index (κ2) is 10.5. The van der Waals surface area contributed by atoms with Crippen LogP contribution in [0.25, 0.3) is 17.1 Å². The Morgan fingerprint density at radius 1 is 1.12 bits per heavy atom. The molecule has 8 nitrogen and oxygen atoms in total. The van der Waals surface area contributed by atoms with Gasteiger partial charge < -0.3 is 15.1 Å². The normalized spacial score (nSPS) is 14.8. The molecule has 3 heterocycles. The predicted molar refractivity (Wildman–Crippen MR) is 126 cm³/mol. The molecule has 1 aliphatic rings. The first-order valence-electron chi connectivity index (χ1n) is 11.6. The van der Waals surface area contributed by atoms with Crippen LogP contribution in [0.5, 0.6) is 0 Å². The van der Waals surface area contributed by atoms with Crippen LogP contribution in [0, 0.1) is 6.92 Å². The van der Waals surface area contributed by atoms with E-state index in [9.17, 15) is 9.59 Å². The van der Waals surface area contributed by atoms with Crippen LogP contribution in [0.3, 0.4) is 0 Å². The first-order chi connectivity index (χ1) is 16.0. The van der Waals surface area contributed by atoms with Crippen molar-refractivity contribution in [2.75, 3.05) is 26.2 Å². The summed E-state index contributed by atoms with van der Waals surface area (Å²) in [7, 11) is 0. The third kappa shape index (κ3) is 5.70. The lowest BCUT2D eigenvalue weighted by molar-refractivity contribution is -0.122. The lowest BCUT2D eigenvalue weighted by Gasteiger charge is -2.31. The smallest absolute Gasteiger partial charge is 0.255 e. The van der Waals surface area contributed by atoms with Gasteiger partial charge in [-0.2, -0.15) is 5.10 Å². The van der Waals surface area contributed by atoms with Crippen molar-refractivity contribution >= 4 is 11.8 Å². The lowest BCUT2D eigenvalue weighted by atomic mass is 10.0. The second-order valence-electron chi connectivity index (χ2n) is 8.46. The molecule has 33 heavy (non-hydrogen) atoms. The van der Waals surface area contributed by atoms with Gasteiger partial charge in [-0.15, -0.1) is 0 Å². The number of rotatable bonds is 8. The van der Waals surface area contributed by atoms with E-state index in [1.165, 1.54) is 0 Å². The van der Waals surface area contributed by atoms with E-state index in [1.54, 1.807) is 10.9 Å². The van der Waals surface area contributed by atoms with Crippen molar-refractivity contribution in [3.63, 3.8) is 0 Å². The predicted octanol–water partition coefficient (Wildman–Crippen LogP) is 3.16. The van der Waals surface area contributed by atoms with Crippen LogP contribution in [-0.4, -0.2) is 58.7 Å². The summed E-state index contributed by atoms with van der Waals surface area (Å²) in [5.74, 6) is 1.23. The van der Waals surface area contributed by atoms with Crippen molar-refractivity contribution < 1.29 is 14.0 Å². The van der Waals surface area contributed by atoms with Crippen LogP contribution in [-0.2, 0) is 4.79 Å². The van der Waals surface area contributed by atoms with Crippen molar-refractivity contribution in [3.8, 4) is 17.1 Å². The van der Waals surface area contributed by atoms with Gasteiger partial charge in [0.15, 0.2) is 5.76 Å². The molecular formula is C25H31N5O3. The minimum Gasteiger partial charge on any atom is -0.460 e. The first kappa shape index (κ1) is 22.8. The summed E-state index contributed by atoms with van der Waals surface area (Å²) in [6.07, 6.45) is 4.29. The van der Waals surface area contributed by atoms with Gasteiger partial charge in [0.05, 0.1) is 17.8 Å². The average molecular weight is 450 g/mol. The Bertz CT molecular complexity index is 1080. The van der Waals surface area contributed by atoms with Crippen molar-refractivity contribution in [2.24, 2.45) is 0 Å². The summed E-state index contributed by atoms with van der Waals surface area (Å²) in [6.45, 7) is 6.58.